The van der Waals surface area contributed by atoms with Crippen LogP contribution in [0.4, 0.5) is 0 Å². The Kier molecular flexibility index (Phi) is 3.00. The van der Waals surface area contributed by atoms with Crippen LogP contribution in [0.25, 0.3) is 5.00 Å². The van der Waals surface area contributed by atoms with Gasteiger partial charge in [0.2, 0.25) is 0 Å². The summed E-state index contributed by atoms with van der Waals surface area (Å²) in [5.74, 6) is 0. The molecule has 5 nitrogen and oxygen atoms in total. The molecule has 6 heteroatoms. The van der Waals surface area contributed by atoms with E-state index >= 15 is 0 Å². The van der Waals surface area contributed by atoms with Crippen LogP contribution in [0.15, 0.2) is 46.6 Å². The van der Waals surface area contributed by atoms with E-state index in [-0.39, 0.29) is 5.69 Å². The summed E-state index contributed by atoms with van der Waals surface area (Å²) < 4.78 is 2.69. The van der Waals surface area contributed by atoms with E-state index in [9.17, 15) is 4.79 Å². The van der Waals surface area contributed by atoms with Gasteiger partial charge in [-0.3, -0.25) is 0 Å². The Hall–Kier alpha value is -2.21. The Morgan fingerprint density at radius 1 is 1.21 bits per heavy atom. The van der Waals surface area contributed by atoms with Gasteiger partial charge < -0.3 is 0 Å². The molecule has 0 unspecified atom stereocenters. The highest BCUT2D eigenvalue weighted by molar-refractivity contribution is 7.12. The van der Waals surface area contributed by atoms with Crippen LogP contribution in [0, 0.1) is 6.92 Å². The van der Waals surface area contributed by atoms with Gasteiger partial charge in [0.25, 0.3) is 0 Å². The van der Waals surface area contributed by atoms with E-state index in [0.29, 0.717) is 6.54 Å². The molecule has 2 heterocycles. The van der Waals surface area contributed by atoms with Gasteiger partial charge >= 0.3 is 5.69 Å². The number of rotatable bonds is 3. The summed E-state index contributed by atoms with van der Waals surface area (Å²) in [6.07, 6.45) is 0. The maximum Gasteiger partial charge on any atom is 0.369 e. The second-order valence-electron chi connectivity index (χ2n) is 4.27. The lowest BCUT2D eigenvalue weighted by molar-refractivity contribution is 0.631. The molecule has 0 aliphatic carbocycles. The second-order valence-corrected chi connectivity index (χ2v) is 5.20. The minimum atomic E-state index is -0.219. The van der Waals surface area contributed by atoms with Gasteiger partial charge in [0.15, 0.2) is 0 Å². The molecule has 3 aromatic rings. The zero-order valence-electron chi connectivity index (χ0n) is 10.4. The van der Waals surface area contributed by atoms with Crippen LogP contribution in [0.5, 0.6) is 0 Å². The molecule has 0 N–H and O–H groups in total. The number of benzene rings is 1. The van der Waals surface area contributed by atoms with E-state index in [4.69, 9.17) is 0 Å². The van der Waals surface area contributed by atoms with Crippen LogP contribution >= 0.6 is 11.3 Å². The van der Waals surface area contributed by atoms with Crippen molar-refractivity contribution in [3.05, 3.63) is 63.4 Å². The zero-order valence-corrected chi connectivity index (χ0v) is 11.2. The molecule has 0 fully saturated rings. The lowest BCUT2D eigenvalue weighted by atomic mass is 10.1. The highest BCUT2D eigenvalue weighted by atomic mass is 32.1. The third-order valence-electron chi connectivity index (χ3n) is 2.77. The van der Waals surface area contributed by atoms with E-state index in [1.807, 2.05) is 48.7 Å². The molecular weight excluding hydrogens is 260 g/mol. The third-order valence-corrected chi connectivity index (χ3v) is 3.61. The van der Waals surface area contributed by atoms with Crippen molar-refractivity contribution < 1.29 is 0 Å². The topological polar surface area (TPSA) is 52.7 Å². The van der Waals surface area contributed by atoms with Crippen molar-refractivity contribution in [2.75, 3.05) is 0 Å². The number of thiophene rings is 1. The molecule has 2 aromatic heterocycles. The zero-order chi connectivity index (χ0) is 13.2. The van der Waals surface area contributed by atoms with E-state index in [2.05, 4.69) is 10.4 Å². The Morgan fingerprint density at radius 2 is 2.11 bits per heavy atom. The van der Waals surface area contributed by atoms with Gasteiger partial charge in [0, 0.05) is 0 Å². The monoisotopic (exact) mass is 272 g/mol. The summed E-state index contributed by atoms with van der Waals surface area (Å²) in [5, 5.41) is 10.5. The summed E-state index contributed by atoms with van der Waals surface area (Å²) >= 11 is 1.46. The maximum absolute atomic E-state index is 12.2. The lowest BCUT2D eigenvalue weighted by Crippen LogP contribution is -2.24. The van der Waals surface area contributed by atoms with Crippen LogP contribution in [-0.4, -0.2) is 19.8 Å². The smallest absolute Gasteiger partial charge is 0.244 e. The quantitative estimate of drug-likeness (QED) is 0.731. The highest BCUT2D eigenvalue weighted by Crippen LogP contribution is 2.11. The molecule has 3 rings (SSSR count). The second kappa shape index (κ2) is 4.81. The summed E-state index contributed by atoms with van der Waals surface area (Å²) in [6, 6.07) is 11.7. The molecule has 0 bridgehead atoms. The molecule has 0 saturated heterocycles. The van der Waals surface area contributed by atoms with Crippen molar-refractivity contribution in [3.8, 4) is 5.00 Å². The fourth-order valence-corrected chi connectivity index (χ4v) is 2.55. The fraction of sp³-hybridized carbons (Fsp3) is 0.154. The number of nitrogens with zero attached hydrogens (tertiary/aromatic N) is 4. The number of hydrogen-bond acceptors (Lipinski definition) is 4. The maximum atomic E-state index is 12.2. The molecule has 0 radical (unpaired) electrons. The molecule has 1 aromatic carbocycles. The predicted octanol–water partition coefficient (Wildman–Crippen LogP) is 1.85. The normalized spacial score (nSPS) is 10.8. The van der Waals surface area contributed by atoms with Crippen LogP contribution < -0.4 is 5.69 Å². The largest absolute Gasteiger partial charge is 0.369 e. The first-order valence-electron chi connectivity index (χ1n) is 5.86. The van der Waals surface area contributed by atoms with Gasteiger partial charge in [-0.15, -0.1) is 11.3 Å². The van der Waals surface area contributed by atoms with Crippen LogP contribution in [0.1, 0.15) is 11.1 Å². The van der Waals surface area contributed by atoms with E-state index < -0.39 is 0 Å². The Balaban J connectivity index is 1.93. The molecule has 0 aliphatic heterocycles. The van der Waals surface area contributed by atoms with Crippen LogP contribution in [-0.2, 0) is 6.54 Å². The van der Waals surface area contributed by atoms with E-state index in [1.165, 1.54) is 20.7 Å². The van der Waals surface area contributed by atoms with Crippen molar-refractivity contribution in [2.24, 2.45) is 0 Å². The van der Waals surface area contributed by atoms with E-state index in [0.717, 1.165) is 16.1 Å². The fourth-order valence-electron chi connectivity index (χ4n) is 1.89. The molecule has 0 atom stereocenters. The van der Waals surface area contributed by atoms with Crippen molar-refractivity contribution in [1.82, 2.24) is 19.8 Å². The molecule has 96 valence electrons. The van der Waals surface area contributed by atoms with Crippen LogP contribution in [0.3, 0.4) is 0 Å². The molecule has 0 saturated carbocycles. The van der Waals surface area contributed by atoms with Crippen molar-refractivity contribution in [1.29, 1.82) is 0 Å². The van der Waals surface area contributed by atoms with Crippen molar-refractivity contribution in [2.45, 2.75) is 13.5 Å². The van der Waals surface area contributed by atoms with Gasteiger partial charge in [-0.2, -0.15) is 9.36 Å². The molecule has 19 heavy (non-hydrogen) atoms. The minimum absolute atomic E-state index is 0.219. The number of aryl methyl sites for hydroxylation is 1. The average molecular weight is 272 g/mol. The number of aromatic nitrogens is 4. The van der Waals surface area contributed by atoms with Gasteiger partial charge in [0.1, 0.15) is 5.00 Å². The first-order valence-corrected chi connectivity index (χ1v) is 6.74. The number of tetrazole rings is 1. The Bertz CT molecular complexity index is 742. The standard InChI is InChI=1S/C13H12N4OS/c1-10-4-2-5-11(8-10)9-16-13(18)17(15-14-16)12-6-3-7-19-12/h2-8H,9H2,1H3. The van der Waals surface area contributed by atoms with Crippen LogP contribution in [0.2, 0.25) is 0 Å². The van der Waals surface area contributed by atoms with Gasteiger partial charge in [-0.25, -0.2) is 4.79 Å². The van der Waals surface area contributed by atoms with Crippen molar-refractivity contribution >= 4 is 11.3 Å². The molecule has 0 amide bonds. The Morgan fingerprint density at radius 3 is 2.84 bits per heavy atom. The minimum Gasteiger partial charge on any atom is -0.244 e. The summed E-state index contributed by atoms with van der Waals surface area (Å²) in [4.78, 5) is 12.2. The summed E-state index contributed by atoms with van der Waals surface area (Å²) in [7, 11) is 0. The highest BCUT2D eigenvalue weighted by Gasteiger charge is 2.09. The molecule has 0 aliphatic rings. The summed E-state index contributed by atoms with van der Waals surface area (Å²) in [5.41, 5.74) is 1.99. The third kappa shape index (κ3) is 2.34. The van der Waals surface area contributed by atoms with Gasteiger partial charge in [0.05, 0.1) is 6.54 Å². The molecular formula is C13H12N4OS. The Labute approximate surface area is 113 Å². The van der Waals surface area contributed by atoms with E-state index in [1.54, 1.807) is 0 Å². The predicted molar refractivity (Wildman–Crippen MR) is 73.8 cm³/mol. The van der Waals surface area contributed by atoms with Gasteiger partial charge in [-0.1, -0.05) is 29.8 Å². The number of hydrogen-bond donors (Lipinski definition) is 0. The molecule has 0 spiro atoms. The summed E-state index contributed by atoms with van der Waals surface area (Å²) in [6.45, 7) is 2.46. The average Bonchev–Trinajstić information content (AvgIpc) is 3.01. The first kappa shape index (κ1) is 11.9. The SMILES string of the molecule is Cc1cccc(Cn2nnn(-c3cccs3)c2=O)c1. The van der Waals surface area contributed by atoms with Crippen molar-refractivity contribution in [3.63, 3.8) is 0 Å². The first-order chi connectivity index (χ1) is 9.24. The van der Waals surface area contributed by atoms with Gasteiger partial charge in [-0.05, 0) is 40.4 Å². The lowest BCUT2D eigenvalue weighted by Gasteiger charge is -2.00.